The first kappa shape index (κ1) is 15.1. The SMILES string of the molecule is CCC(C)NC(=O)C(C)Oc1ccc(N)c2cccnc12. The van der Waals surface area contributed by atoms with E-state index in [0.717, 1.165) is 11.8 Å². The van der Waals surface area contributed by atoms with E-state index in [2.05, 4.69) is 10.3 Å². The maximum Gasteiger partial charge on any atom is 0.260 e. The van der Waals surface area contributed by atoms with Crippen LogP contribution in [0.5, 0.6) is 5.75 Å². The number of amides is 1. The lowest BCUT2D eigenvalue weighted by molar-refractivity contribution is -0.127. The van der Waals surface area contributed by atoms with Crippen molar-refractivity contribution in [3.63, 3.8) is 0 Å². The number of rotatable bonds is 5. The van der Waals surface area contributed by atoms with E-state index in [9.17, 15) is 4.79 Å². The molecule has 1 amide bonds. The molecule has 5 heteroatoms. The zero-order chi connectivity index (χ0) is 15.4. The van der Waals surface area contributed by atoms with E-state index in [0.29, 0.717) is 17.0 Å². The molecule has 1 heterocycles. The first-order chi connectivity index (χ1) is 10.0. The van der Waals surface area contributed by atoms with E-state index < -0.39 is 6.10 Å². The number of pyridine rings is 1. The number of ether oxygens (including phenoxy) is 1. The smallest absolute Gasteiger partial charge is 0.260 e. The largest absolute Gasteiger partial charge is 0.479 e. The molecule has 1 aromatic heterocycles. The Labute approximate surface area is 124 Å². The van der Waals surface area contributed by atoms with Crippen molar-refractivity contribution in [1.29, 1.82) is 0 Å². The Balaban J connectivity index is 2.20. The van der Waals surface area contributed by atoms with Gasteiger partial charge >= 0.3 is 0 Å². The fraction of sp³-hybridized carbons (Fsp3) is 0.375. The van der Waals surface area contributed by atoms with Crippen LogP contribution >= 0.6 is 0 Å². The van der Waals surface area contributed by atoms with Crippen molar-refractivity contribution >= 4 is 22.5 Å². The zero-order valence-corrected chi connectivity index (χ0v) is 12.6. The Hall–Kier alpha value is -2.30. The molecule has 0 fully saturated rings. The molecule has 112 valence electrons. The highest BCUT2D eigenvalue weighted by Crippen LogP contribution is 2.28. The van der Waals surface area contributed by atoms with Gasteiger partial charge in [0.25, 0.3) is 5.91 Å². The van der Waals surface area contributed by atoms with E-state index in [1.807, 2.05) is 26.0 Å². The first-order valence-corrected chi connectivity index (χ1v) is 7.13. The highest BCUT2D eigenvalue weighted by atomic mass is 16.5. The van der Waals surface area contributed by atoms with Crippen molar-refractivity contribution in [1.82, 2.24) is 10.3 Å². The van der Waals surface area contributed by atoms with Gasteiger partial charge in [-0.1, -0.05) is 6.92 Å². The van der Waals surface area contributed by atoms with Gasteiger partial charge in [0.15, 0.2) is 6.10 Å². The van der Waals surface area contributed by atoms with Crippen molar-refractivity contribution < 1.29 is 9.53 Å². The summed E-state index contributed by atoms with van der Waals surface area (Å²) < 4.78 is 5.76. The van der Waals surface area contributed by atoms with Gasteiger partial charge in [0.2, 0.25) is 0 Å². The number of hydrogen-bond donors (Lipinski definition) is 2. The summed E-state index contributed by atoms with van der Waals surface area (Å²) in [6.45, 7) is 5.71. The zero-order valence-electron chi connectivity index (χ0n) is 12.6. The van der Waals surface area contributed by atoms with Gasteiger partial charge < -0.3 is 15.8 Å². The van der Waals surface area contributed by atoms with Crippen molar-refractivity contribution in [2.24, 2.45) is 0 Å². The Kier molecular flexibility index (Phi) is 4.62. The second-order valence-corrected chi connectivity index (χ2v) is 5.13. The lowest BCUT2D eigenvalue weighted by Crippen LogP contribution is -2.41. The normalized spacial score (nSPS) is 13.7. The quantitative estimate of drug-likeness (QED) is 0.828. The van der Waals surface area contributed by atoms with Crippen LogP contribution in [-0.4, -0.2) is 23.0 Å². The van der Waals surface area contributed by atoms with Gasteiger partial charge in [-0.05, 0) is 44.5 Å². The highest BCUT2D eigenvalue weighted by Gasteiger charge is 2.18. The van der Waals surface area contributed by atoms with Gasteiger partial charge in [0.1, 0.15) is 11.3 Å². The lowest BCUT2D eigenvalue weighted by Gasteiger charge is -2.18. The van der Waals surface area contributed by atoms with Crippen LogP contribution in [0.4, 0.5) is 5.69 Å². The molecule has 3 N–H and O–H groups in total. The molecule has 0 aliphatic heterocycles. The Morgan fingerprint density at radius 2 is 2.14 bits per heavy atom. The van der Waals surface area contributed by atoms with Crippen molar-refractivity contribution in [2.75, 3.05) is 5.73 Å². The summed E-state index contributed by atoms with van der Waals surface area (Å²) in [6.07, 6.45) is 1.97. The molecule has 0 bridgehead atoms. The van der Waals surface area contributed by atoms with E-state index >= 15 is 0 Å². The van der Waals surface area contributed by atoms with Crippen LogP contribution in [0.15, 0.2) is 30.5 Å². The molecule has 5 nitrogen and oxygen atoms in total. The number of anilines is 1. The Morgan fingerprint density at radius 3 is 2.86 bits per heavy atom. The number of aromatic nitrogens is 1. The fourth-order valence-electron chi connectivity index (χ4n) is 1.97. The number of nitrogens with zero attached hydrogens (tertiary/aromatic N) is 1. The molecule has 0 radical (unpaired) electrons. The third-order valence-electron chi connectivity index (χ3n) is 3.44. The monoisotopic (exact) mass is 287 g/mol. The van der Waals surface area contributed by atoms with Crippen LogP contribution in [0, 0.1) is 0 Å². The Bertz CT molecular complexity index is 642. The van der Waals surface area contributed by atoms with Crippen molar-refractivity contribution in [3.8, 4) is 5.75 Å². The summed E-state index contributed by atoms with van der Waals surface area (Å²) >= 11 is 0. The van der Waals surface area contributed by atoms with Crippen molar-refractivity contribution in [3.05, 3.63) is 30.5 Å². The maximum atomic E-state index is 12.0. The minimum Gasteiger partial charge on any atom is -0.479 e. The minimum absolute atomic E-state index is 0.129. The number of nitrogens with two attached hydrogens (primary N) is 1. The topological polar surface area (TPSA) is 77.2 Å². The van der Waals surface area contributed by atoms with Crippen LogP contribution in [0.25, 0.3) is 10.9 Å². The van der Waals surface area contributed by atoms with Crippen LogP contribution in [0.1, 0.15) is 27.2 Å². The summed E-state index contributed by atoms with van der Waals surface area (Å²) in [7, 11) is 0. The molecule has 0 aliphatic rings. The second-order valence-electron chi connectivity index (χ2n) is 5.13. The Morgan fingerprint density at radius 1 is 1.38 bits per heavy atom. The third-order valence-corrected chi connectivity index (χ3v) is 3.44. The van der Waals surface area contributed by atoms with E-state index in [1.165, 1.54) is 0 Å². The minimum atomic E-state index is -0.590. The summed E-state index contributed by atoms with van der Waals surface area (Å²) in [6, 6.07) is 7.34. The standard InChI is InChI=1S/C16H21N3O2/c1-4-10(2)19-16(20)11(3)21-14-8-7-13(17)12-6-5-9-18-15(12)14/h5-11H,4,17H2,1-3H3,(H,19,20). The number of carbonyl (C=O) groups is 1. The highest BCUT2D eigenvalue weighted by molar-refractivity contribution is 5.94. The van der Waals surface area contributed by atoms with Crippen LogP contribution in [0.3, 0.4) is 0 Å². The average molecular weight is 287 g/mol. The number of benzene rings is 1. The number of nitrogen functional groups attached to an aromatic ring is 1. The first-order valence-electron chi connectivity index (χ1n) is 7.13. The van der Waals surface area contributed by atoms with Crippen LogP contribution in [-0.2, 0) is 4.79 Å². The van der Waals surface area contributed by atoms with Crippen LogP contribution < -0.4 is 15.8 Å². The van der Waals surface area contributed by atoms with Gasteiger partial charge in [-0.3, -0.25) is 9.78 Å². The number of hydrogen-bond acceptors (Lipinski definition) is 4. The van der Waals surface area contributed by atoms with E-state index in [4.69, 9.17) is 10.5 Å². The number of carbonyl (C=O) groups excluding carboxylic acids is 1. The molecule has 2 rings (SSSR count). The van der Waals surface area contributed by atoms with E-state index in [1.54, 1.807) is 25.3 Å². The molecule has 2 unspecified atom stereocenters. The predicted molar refractivity (Wildman–Crippen MR) is 84.1 cm³/mol. The number of nitrogens with one attached hydrogen (secondary N) is 1. The maximum absolute atomic E-state index is 12.0. The van der Waals surface area contributed by atoms with Crippen LogP contribution in [0.2, 0.25) is 0 Å². The lowest BCUT2D eigenvalue weighted by atomic mass is 10.1. The van der Waals surface area contributed by atoms with Gasteiger partial charge in [-0.15, -0.1) is 0 Å². The molecular weight excluding hydrogens is 266 g/mol. The summed E-state index contributed by atoms with van der Waals surface area (Å²) in [4.78, 5) is 16.3. The molecule has 0 saturated carbocycles. The van der Waals surface area contributed by atoms with E-state index in [-0.39, 0.29) is 11.9 Å². The second kappa shape index (κ2) is 6.43. The fourth-order valence-corrected chi connectivity index (χ4v) is 1.97. The van der Waals surface area contributed by atoms with Gasteiger partial charge in [-0.2, -0.15) is 0 Å². The molecule has 2 aromatic rings. The predicted octanol–water partition coefficient (Wildman–Crippen LogP) is 2.50. The molecule has 2 atom stereocenters. The summed E-state index contributed by atoms with van der Waals surface area (Å²) in [5.41, 5.74) is 7.23. The third kappa shape index (κ3) is 3.42. The molecule has 0 saturated heterocycles. The molecule has 1 aromatic carbocycles. The molecular formula is C16H21N3O2. The average Bonchev–Trinajstić information content (AvgIpc) is 2.50. The van der Waals surface area contributed by atoms with Crippen molar-refractivity contribution in [2.45, 2.75) is 39.3 Å². The van der Waals surface area contributed by atoms with Gasteiger partial charge in [0.05, 0.1) is 0 Å². The summed E-state index contributed by atoms with van der Waals surface area (Å²) in [5.74, 6) is 0.428. The van der Waals surface area contributed by atoms with Gasteiger partial charge in [0, 0.05) is 23.3 Å². The van der Waals surface area contributed by atoms with Gasteiger partial charge in [-0.25, -0.2) is 0 Å². The molecule has 0 spiro atoms. The summed E-state index contributed by atoms with van der Waals surface area (Å²) in [5, 5.41) is 3.72. The number of fused-ring (bicyclic) bond motifs is 1. The molecule has 0 aliphatic carbocycles. The molecule has 21 heavy (non-hydrogen) atoms.